The maximum absolute atomic E-state index is 13.5. The second kappa shape index (κ2) is 11.6. The van der Waals surface area contributed by atoms with E-state index < -0.39 is 6.04 Å². The Morgan fingerprint density at radius 2 is 1.88 bits per heavy atom. The van der Waals surface area contributed by atoms with Crippen molar-refractivity contribution in [2.24, 2.45) is 5.10 Å². The second-order valence-electron chi connectivity index (χ2n) is 8.27. The first-order chi connectivity index (χ1) is 16.3. The van der Waals surface area contributed by atoms with Crippen LogP contribution in [0.2, 0.25) is 0 Å². The zero-order chi connectivity index (χ0) is 24.7. The van der Waals surface area contributed by atoms with Crippen LogP contribution in [0.1, 0.15) is 37.4 Å². The second-order valence-corrected chi connectivity index (χ2v) is 8.27. The van der Waals surface area contributed by atoms with E-state index in [-0.39, 0.29) is 36.9 Å². The molecule has 1 N–H and O–H groups in total. The van der Waals surface area contributed by atoms with Crippen molar-refractivity contribution in [3.63, 3.8) is 0 Å². The number of hydrogen-bond donors (Lipinski definition) is 1. The zero-order valence-electron chi connectivity index (χ0n) is 20.0. The third-order valence-electron chi connectivity index (χ3n) is 5.43. The van der Waals surface area contributed by atoms with Gasteiger partial charge in [0.15, 0.2) is 0 Å². The molecular formula is C25H31FN4O4. The number of carbonyl (C=O) groups excluding carboxylic acids is 2. The molecule has 9 heteroatoms. The van der Waals surface area contributed by atoms with Gasteiger partial charge in [0.2, 0.25) is 0 Å². The molecule has 182 valence electrons. The number of rotatable bonds is 9. The third-order valence-corrected chi connectivity index (χ3v) is 5.43. The van der Waals surface area contributed by atoms with E-state index in [1.54, 1.807) is 19.2 Å². The van der Waals surface area contributed by atoms with Gasteiger partial charge in [-0.2, -0.15) is 5.10 Å². The molecule has 1 heterocycles. The Labute approximate surface area is 199 Å². The number of benzene rings is 2. The lowest BCUT2D eigenvalue weighted by Crippen LogP contribution is -2.48. The fraction of sp³-hybridized carbons (Fsp3) is 0.400. The molecule has 0 radical (unpaired) electrons. The number of hydrazone groups is 1. The molecule has 2 aromatic rings. The molecule has 0 bridgehead atoms. The topological polar surface area (TPSA) is 83.5 Å². The lowest BCUT2D eigenvalue weighted by Gasteiger charge is -2.28. The minimum atomic E-state index is -0.430. The first kappa shape index (κ1) is 25.2. The van der Waals surface area contributed by atoms with Crippen molar-refractivity contribution in [2.45, 2.75) is 32.4 Å². The Bertz CT molecular complexity index is 1030. The van der Waals surface area contributed by atoms with Gasteiger partial charge in [0.1, 0.15) is 18.1 Å². The monoisotopic (exact) mass is 470 g/mol. The Morgan fingerprint density at radius 1 is 1.18 bits per heavy atom. The van der Waals surface area contributed by atoms with Crippen LogP contribution in [0.25, 0.3) is 0 Å². The number of nitrogens with one attached hydrogen (secondary N) is 1. The number of methoxy groups -OCH3 is 2. The fourth-order valence-electron chi connectivity index (χ4n) is 3.77. The largest absolute Gasteiger partial charge is 0.496 e. The highest BCUT2D eigenvalue weighted by Crippen LogP contribution is 2.37. The molecule has 0 unspecified atom stereocenters. The number of nitrogens with zero attached hydrogens (tertiary/aromatic N) is 3. The standard InChI is InChI=1S/C25H31FN4O4/c1-17(2)27-25(32)29(13-14-33-3)16-24(31)30-22(20-7-5-6-8-23(20)34-4)15-21(28-30)18-9-11-19(26)12-10-18/h5-12,17,22H,13-16H2,1-4H3,(H,27,32)/t22-/m0/s1. The summed E-state index contributed by atoms with van der Waals surface area (Å²) in [7, 11) is 3.11. The molecule has 0 spiro atoms. The van der Waals surface area contributed by atoms with E-state index in [4.69, 9.17) is 9.47 Å². The van der Waals surface area contributed by atoms with Crippen molar-refractivity contribution in [1.29, 1.82) is 0 Å². The van der Waals surface area contributed by atoms with Crippen molar-refractivity contribution in [1.82, 2.24) is 15.2 Å². The summed E-state index contributed by atoms with van der Waals surface area (Å²) in [6.45, 7) is 4.08. The Morgan fingerprint density at radius 3 is 2.53 bits per heavy atom. The first-order valence-corrected chi connectivity index (χ1v) is 11.2. The Hall–Kier alpha value is -3.46. The molecule has 1 atom stereocenters. The number of halogens is 1. The molecule has 1 aliphatic heterocycles. The molecule has 1 aliphatic rings. The summed E-state index contributed by atoms with van der Waals surface area (Å²) in [5.41, 5.74) is 2.18. The maximum Gasteiger partial charge on any atom is 0.318 e. The van der Waals surface area contributed by atoms with E-state index in [0.717, 1.165) is 11.1 Å². The Balaban J connectivity index is 1.92. The van der Waals surface area contributed by atoms with Gasteiger partial charge in [-0.3, -0.25) is 4.79 Å². The summed E-state index contributed by atoms with van der Waals surface area (Å²) >= 11 is 0. The zero-order valence-corrected chi connectivity index (χ0v) is 20.0. The SMILES string of the molecule is COCCN(CC(=O)N1N=C(c2ccc(F)cc2)C[C@H]1c1ccccc1OC)C(=O)NC(C)C. The number of ether oxygens (including phenoxy) is 2. The summed E-state index contributed by atoms with van der Waals surface area (Å²) in [6, 6.07) is 12.6. The summed E-state index contributed by atoms with van der Waals surface area (Å²) in [6.07, 6.45) is 0.425. The molecule has 0 aromatic heterocycles. The van der Waals surface area contributed by atoms with Crippen molar-refractivity contribution >= 4 is 17.6 Å². The minimum absolute atomic E-state index is 0.0798. The minimum Gasteiger partial charge on any atom is -0.496 e. The quantitative estimate of drug-likeness (QED) is 0.607. The van der Waals surface area contributed by atoms with E-state index in [0.29, 0.717) is 24.5 Å². The van der Waals surface area contributed by atoms with Crippen LogP contribution >= 0.6 is 0 Å². The molecule has 3 rings (SSSR count). The van der Waals surface area contributed by atoms with Gasteiger partial charge in [-0.05, 0) is 37.6 Å². The molecule has 8 nitrogen and oxygen atoms in total. The predicted molar refractivity (Wildman–Crippen MR) is 127 cm³/mol. The molecule has 34 heavy (non-hydrogen) atoms. The van der Waals surface area contributed by atoms with Crippen LogP contribution < -0.4 is 10.1 Å². The van der Waals surface area contributed by atoms with Crippen LogP contribution in [0.3, 0.4) is 0 Å². The van der Waals surface area contributed by atoms with Gasteiger partial charge in [0.05, 0.1) is 25.5 Å². The molecule has 0 aliphatic carbocycles. The lowest BCUT2D eigenvalue weighted by molar-refractivity contribution is -0.133. The van der Waals surface area contributed by atoms with Crippen molar-refractivity contribution in [3.05, 3.63) is 65.5 Å². The number of carbonyl (C=O) groups is 2. The van der Waals surface area contributed by atoms with Crippen LogP contribution in [0.5, 0.6) is 5.75 Å². The van der Waals surface area contributed by atoms with Crippen LogP contribution in [0.4, 0.5) is 9.18 Å². The number of amides is 3. The highest BCUT2D eigenvalue weighted by Gasteiger charge is 2.35. The van der Waals surface area contributed by atoms with E-state index >= 15 is 0 Å². The summed E-state index contributed by atoms with van der Waals surface area (Å²) < 4.78 is 24.1. The predicted octanol–water partition coefficient (Wildman–Crippen LogP) is 3.58. The van der Waals surface area contributed by atoms with Crippen molar-refractivity contribution < 1.29 is 23.5 Å². The molecule has 2 aromatic carbocycles. The van der Waals surface area contributed by atoms with Crippen LogP contribution in [-0.4, -0.2) is 67.5 Å². The highest BCUT2D eigenvalue weighted by atomic mass is 19.1. The van der Waals surface area contributed by atoms with Crippen LogP contribution in [-0.2, 0) is 9.53 Å². The van der Waals surface area contributed by atoms with Gasteiger partial charge >= 0.3 is 6.03 Å². The highest BCUT2D eigenvalue weighted by molar-refractivity contribution is 6.03. The molecular weight excluding hydrogens is 439 g/mol. The van der Waals surface area contributed by atoms with Gasteiger partial charge in [-0.1, -0.05) is 30.3 Å². The maximum atomic E-state index is 13.5. The lowest BCUT2D eigenvalue weighted by atomic mass is 9.97. The summed E-state index contributed by atoms with van der Waals surface area (Å²) in [5.74, 6) is -0.0563. The average Bonchev–Trinajstić information content (AvgIpc) is 3.27. The smallest absolute Gasteiger partial charge is 0.318 e. The normalized spacial score (nSPS) is 15.3. The van der Waals surface area contributed by atoms with Crippen molar-refractivity contribution in [3.8, 4) is 5.75 Å². The first-order valence-electron chi connectivity index (χ1n) is 11.2. The van der Waals surface area contributed by atoms with E-state index in [1.807, 2.05) is 38.1 Å². The third kappa shape index (κ3) is 6.11. The van der Waals surface area contributed by atoms with Crippen molar-refractivity contribution in [2.75, 3.05) is 33.9 Å². The summed E-state index contributed by atoms with van der Waals surface area (Å²) in [4.78, 5) is 27.6. The van der Waals surface area contributed by atoms with Gasteiger partial charge in [0.25, 0.3) is 5.91 Å². The number of para-hydroxylation sites is 1. The van der Waals surface area contributed by atoms with Crippen LogP contribution in [0, 0.1) is 5.82 Å². The van der Waals surface area contributed by atoms with Gasteiger partial charge in [-0.15, -0.1) is 0 Å². The summed E-state index contributed by atoms with van der Waals surface area (Å²) in [5, 5.41) is 8.83. The molecule has 0 saturated heterocycles. The van der Waals surface area contributed by atoms with Gasteiger partial charge < -0.3 is 19.7 Å². The molecule has 0 fully saturated rings. The van der Waals surface area contributed by atoms with E-state index in [9.17, 15) is 14.0 Å². The van der Waals surface area contributed by atoms with E-state index in [2.05, 4.69) is 10.4 Å². The molecule has 0 saturated carbocycles. The Kier molecular flexibility index (Phi) is 8.59. The van der Waals surface area contributed by atoms with Gasteiger partial charge in [0, 0.05) is 31.7 Å². The van der Waals surface area contributed by atoms with E-state index in [1.165, 1.54) is 29.2 Å². The molecule has 3 amide bonds. The number of hydrogen-bond acceptors (Lipinski definition) is 5. The van der Waals surface area contributed by atoms with Gasteiger partial charge in [-0.25, -0.2) is 14.2 Å². The fourth-order valence-corrected chi connectivity index (χ4v) is 3.77. The average molecular weight is 471 g/mol. The number of urea groups is 1. The van der Waals surface area contributed by atoms with Crippen LogP contribution in [0.15, 0.2) is 53.6 Å².